The molecule has 0 N–H and O–H groups in total. The van der Waals surface area contributed by atoms with Gasteiger partial charge >= 0.3 is 5.97 Å². The SMILES string of the molecule is CCOC(=O)c1ccc(C=C(c2cc3c(cc2C)C(C)(C)CCC3(C)C)[Si](C)(C)C)s1. The molecule has 1 aromatic carbocycles. The predicted octanol–water partition coefficient (Wildman–Crippen LogP) is 8.00. The first-order valence-electron chi connectivity index (χ1n) is 11.4. The third kappa shape index (κ3) is 4.90. The van der Waals surface area contributed by atoms with E-state index in [1.807, 2.05) is 13.0 Å². The van der Waals surface area contributed by atoms with Gasteiger partial charge in [-0.25, -0.2) is 4.79 Å². The first-order chi connectivity index (χ1) is 14.3. The number of benzene rings is 1. The van der Waals surface area contributed by atoms with Gasteiger partial charge in [-0.2, -0.15) is 0 Å². The molecule has 1 aliphatic carbocycles. The molecule has 3 rings (SSSR count). The maximum Gasteiger partial charge on any atom is 0.348 e. The van der Waals surface area contributed by atoms with Crippen molar-refractivity contribution in [2.24, 2.45) is 0 Å². The molecule has 0 saturated heterocycles. The summed E-state index contributed by atoms with van der Waals surface area (Å²) >= 11 is 1.53. The Bertz CT molecular complexity index is 1020. The summed E-state index contributed by atoms with van der Waals surface area (Å²) in [6.45, 7) is 21.3. The number of carbonyl (C=O) groups excluding carboxylic acids is 1. The van der Waals surface area contributed by atoms with Crippen molar-refractivity contribution in [1.29, 1.82) is 0 Å². The molecule has 0 atom stereocenters. The molecule has 0 radical (unpaired) electrons. The van der Waals surface area contributed by atoms with E-state index in [0.717, 1.165) is 4.88 Å². The average Bonchev–Trinajstić information content (AvgIpc) is 3.12. The molecule has 4 heteroatoms. The Kier molecular flexibility index (Phi) is 6.47. The normalized spacial score (nSPS) is 17.9. The fourth-order valence-corrected chi connectivity index (χ4v) is 7.21. The number of ether oxygens (including phenoxy) is 1. The van der Waals surface area contributed by atoms with Gasteiger partial charge in [0.1, 0.15) is 4.88 Å². The predicted molar refractivity (Wildman–Crippen MR) is 138 cm³/mol. The van der Waals surface area contributed by atoms with Crippen molar-refractivity contribution in [3.63, 3.8) is 0 Å². The van der Waals surface area contributed by atoms with Crippen LogP contribution in [0.15, 0.2) is 24.3 Å². The Morgan fingerprint density at radius 2 is 1.65 bits per heavy atom. The van der Waals surface area contributed by atoms with E-state index in [0.29, 0.717) is 11.5 Å². The van der Waals surface area contributed by atoms with Crippen molar-refractivity contribution in [3.05, 3.63) is 56.3 Å². The van der Waals surface area contributed by atoms with E-state index in [1.165, 1.54) is 51.6 Å². The molecule has 2 aromatic rings. The molecule has 2 nitrogen and oxygen atoms in total. The molecule has 0 fully saturated rings. The van der Waals surface area contributed by atoms with Crippen molar-refractivity contribution < 1.29 is 9.53 Å². The van der Waals surface area contributed by atoms with E-state index in [1.54, 1.807) is 0 Å². The van der Waals surface area contributed by atoms with Gasteiger partial charge in [-0.3, -0.25) is 0 Å². The lowest BCUT2D eigenvalue weighted by Gasteiger charge is -2.43. The standard InChI is InChI=1S/C27H38O2SSi/c1-10-29-25(28)23-12-11-19(30-23)16-24(31(7,8)9)20-17-22-21(15-18(20)2)26(3,4)13-14-27(22,5)6/h11-12,15-17H,10,13-14H2,1-9H3. The molecular formula is C27H38O2SSi. The lowest BCUT2D eigenvalue weighted by atomic mass is 9.62. The van der Waals surface area contributed by atoms with E-state index in [-0.39, 0.29) is 16.8 Å². The highest BCUT2D eigenvalue weighted by molar-refractivity contribution is 7.15. The molecule has 1 heterocycles. The van der Waals surface area contributed by atoms with Crippen LogP contribution in [-0.4, -0.2) is 20.7 Å². The zero-order valence-electron chi connectivity index (χ0n) is 20.7. The summed E-state index contributed by atoms with van der Waals surface area (Å²) < 4.78 is 5.18. The highest BCUT2D eigenvalue weighted by Crippen LogP contribution is 2.47. The highest BCUT2D eigenvalue weighted by Gasteiger charge is 2.38. The van der Waals surface area contributed by atoms with Crippen molar-refractivity contribution >= 4 is 36.7 Å². The van der Waals surface area contributed by atoms with E-state index >= 15 is 0 Å². The van der Waals surface area contributed by atoms with Gasteiger partial charge in [0.25, 0.3) is 0 Å². The van der Waals surface area contributed by atoms with Crippen molar-refractivity contribution in [2.45, 2.75) is 84.9 Å². The van der Waals surface area contributed by atoms with E-state index in [9.17, 15) is 4.79 Å². The number of rotatable bonds is 5. The molecule has 0 bridgehead atoms. The maximum atomic E-state index is 12.1. The third-order valence-electron chi connectivity index (χ3n) is 6.69. The summed E-state index contributed by atoms with van der Waals surface area (Å²) in [6.07, 6.45) is 4.78. The molecular weight excluding hydrogens is 416 g/mol. The van der Waals surface area contributed by atoms with Crippen LogP contribution < -0.4 is 0 Å². The number of thiophene rings is 1. The van der Waals surface area contributed by atoms with E-state index in [4.69, 9.17) is 4.74 Å². The minimum atomic E-state index is -1.65. The quantitative estimate of drug-likeness (QED) is 0.338. The Balaban J connectivity index is 2.15. The number of carbonyl (C=O) groups is 1. The third-order valence-corrected chi connectivity index (χ3v) is 9.73. The first kappa shape index (κ1) is 24.0. The van der Waals surface area contributed by atoms with Gasteiger partial charge in [0.2, 0.25) is 0 Å². The Hall–Kier alpha value is -1.65. The molecule has 0 spiro atoms. The second-order valence-corrected chi connectivity index (χ2v) is 17.4. The van der Waals surface area contributed by atoms with Crippen LogP contribution in [0.25, 0.3) is 11.3 Å². The van der Waals surface area contributed by atoms with Gasteiger partial charge in [-0.1, -0.05) is 64.7 Å². The van der Waals surface area contributed by atoms with Gasteiger partial charge in [0.15, 0.2) is 0 Å². The summed E-state index contributed by atoms with van der Waals surface area (Å²) in [5.74, 6) is -0.226. The smallest absolute Gasteiger partial charge is 0.348 e. The van der Waals surface area contributed by atoms with Crippen LogP contribution in [0.5, 0.6) is 0 Å². The molecule has 1 aromatic heterocycles. The van der Waals surface area contributed by atoms with Gasteiger partial charge in [0.05, 0.1) is 14.7 Å². The van der Waals surface area contributed by atoms with Gasteiger partial charge in [0, 0.05) is 4.88 Å². The molecule has 0 amide bonds. The summed E-state index contributed by atoms with van der Waals surface area (Å²) in [7, 11) is -1.65. The van der Waals surface area contributed by atoms with E-state index in [2.05, 4.69) is 78.5 Å². The van der Waals surface area contributed by atoms with Crippen LogP contribution in [0.4, 0.5) is 0 Å². The number of esters is 1. The molecule has 0 aliphatic heterocycles. The van der Waals surface area contributed by atoms with Gasteiger partial charge < -0.3 is 4.74 Å². The molecule has 0 saturated carbocycles. The average molecular weight is 455 g/mol. The topological polar surface area (TPSA) is 26.3 Å². The summed E-state index contributed by atoms with van der Waals surface area (Å²) in [6, 6.07) is 8.90. The monoisotopic (exact) mass is 454 g/mol. The first-order valence-corrected chi connectivity index (χ1v) is 15.7. The van der Waals surface area contributed by atoms with Gasteiger partial charge in [-0.15, -0.1) is 11.3 Å². The zero-order valence-corrected chi connectivity index (χ0v) is 22.5. The minimum Gasteiger partial charge on any atom is -0.462 e. The second kappa shape index (κ2) is 8.36. The van der Waals surface area contributed by atoms with Crippen molar-refractivity contribution in [1.82, 2.24) is 0 Å². The lowest BCUT2D eigenvalue weighted by molar-refractivity contribution is 0.0532. The van der Waals surface area contributed by atoms with E-state index < -0.39 is 8.07 Å². The number of aryl methyl sites for hydroxylation is 1. The van der Waals surface area contributed by atoms with Crippen LogP contribution in [0.3, 0.4) is 0 Å². The maximum absolute atomic E-state index is 12.1. The zero-order chi connectivity index (χ0) is 23.2. The molecule has 1 aliphatic rings. The highest BCUT2D eigenvalue weighted by atomic mass is 32.1. The fraction of sp³-hybridized carbons (Fsp3) is 0.519. The van der Waals surface area contributed by atoms with Crippen molar-refractivity contribution in [2.75, 3.05) is 6.61 Å². The van der Waals surface area contributed by atoms with Crippen LogP contribution in [-0.2, 0) is 15.6 Å². The number of hydrogen-bond acceptors (Lipinski definition) is 3. The van der Waals surface area contributed by atoms with Crippen molar-refractivity contribution in [3.8, 4) is 0 Å². The Morgan fingerprint density at radius 1 is 1.06 bits per heavy atom. The second-order valence-electron chi connectivity index (χ2n) is 11.2. The summed E-state index contributed by atoms with van der Waals surface area (Å²) in [5, 5.41) is 1.45. The fourth-order valence-electron chi connectivity index (χ4n) is 4.60. The minimum absolute atomic E-state index is 0.192. The number of fused-ring (bicyclic) bond motifs is 1. The number of hydrogen-bond donors (Lipinski definition) is 0. The lowest BCUT2D eigenvalue weighted by Crippen LogP contribution is -2.34. The Morgan fingerprint density at radius 3 is 2.19 bits per heavy atom. The van der Waals surface area contributed by atoms with Crippen LogP contribution in [0, 0.1) is 6.92 Å². The molecule has 168 valence electrons. The Labute approximate surface area is 193 Å². The van der Waals surface area contributed by atoms with Crippen LogP contribution in [0.2, 0.25) is 19.6 Å². The van der Waals surface area contributed by atoms with Crippen LogP contribution >= 0.6 is 11.3 Å². The molecule has 0 unspecified atom stereocenters. The largest absolute Gasteiger partial charge is 0.462 e. The van der Waals surface area contributed by atoms with Gasteiger partial charge in [-0.05, 0) is 78.0 Å². The summed E-state index contributed by atoms with van der Waals surface area (Å²) in [5.41, 5.74) is 6.18. The molecule has 31 heavy (non-hydrogen) atoms. The summed E-state index contributed by atoms with van der Waals surface area (Å²) in [4.78, 5) is 13.9. The van der Waals surface area contributed by atoms with Crippen LogP contribution in [0.1, 0.15) is 84.3 Å².